The summed E-state index contributed by atoms with van der Waals surface area (Å²) in [5.41, 5.74) is 0.539. The lowest BCUT2D eigenvalue weighted by atomic mass is 10.2. The van der Waals surface area contributed by atoms with Gasteiger partial charge in [0.15, 0.2) is 0 Å². The molecular weight excluding hydrogens is 296 g/mol. The molecule has 0 atom stereocenters. The van der Waals surface area contributed by atoms with E-state index in [0.717, 1.165) is 6.07 Å². The van der Waals surface area contributed by atoms with Crippen molar-refractivity contribution in [2.24, 2.45) is 0 Å². The summed E-state index contributed by atoms with van der Waals surface area (Å²) in [6, 6.07) is 10.6. The van der Waals surface area contributed by atoms with Crippen LogP contribution < -0.4 is 0 Å². The summed E-state index contributed by atoms with van der Waals surface area (Å²) < 4.78 is 52.5. The fourth-order valence-corrected chi connectivity index (χ4v) is 3.45. The maximum absolute atomic E-state index is 13.2. The largest absolute Gasteiger partial charge is 0.243 e. The van der Waals surface area contributed by atoms with Crippen LogP contribution >= 0.6 is 0 Å². The van der Waals surface area contributed by atoms with Crippen molar-refractivity contribution < 1.29 is 17.2 Å². The Morgan fingerprint density at radius 1 is 1.00 bits per heavy atom. The molecule has 0 aliphatic heterocycles. The van der Waals surface area contributed by atoms with E-state index in [0.29, 0.717) is 5.56 Å². The van der Waals surface area contributed by atoms with Gasteiger partial charge >= 0.3 is 0 Å². The van der Waals surface area contributed by atoms with E-state index in [2.05, 4.69) is 0 Å². The van der Waals surface area contributed by atoms with Gasteiger partial charge in [-0.25, -0.2) is 17.2 Å². The van der Waals surface area contributed by atoms with Gasteiger partial charge in [-0.1, -0.05) is 25.1 Å². The topological polar surface area (TPSA) is 37.4 Å². The predicted octanol–water partition coefficient (Wildman–Crippen LogP) is 3.18. The monoisotopic (exact) mass is 311 g/mol. The number of halogens is 2. The summed E-state index contributed by atoms with van der Waals surface area (Å²) in [6.45, 7) is 1.92. The predicted molar refractivity (Wildman–Crippen MR) is 76.1 cm³/mol. The van der Waals surface area contributed by atoms with Gasteiger partial charge in [0, 0.05) is 13.1 Å². The van der Waals surface area contributed by atoms with E-state index < -0.39 is 21.7 Å². The van der Waals surface area contributed by atoms with Crippen molar-refractivity contribution in [2.75, 3.05) is 6.54 Å². The van der Waals surface area contributed by atoms with Gasteiger partial charge in [0.05, 0.1) is 4.90 Å². The van der Waals surface area contributed by atoms with Gasteiger partial charge in [0.1, 0.15) is 11.6 Å². The lowest BCUT2D eigenvalue weighted by molar-refractivity contribution is 0.422. The molecule has 2 aromatic rings. The molecule has 0 bridgehead atoms. The fourth-order valence-electron chi connectivity index (χ4n) is 1.98. The van der Waals surface area contributed by atoms with Crippen molar-refractivity contribution in [2.45, 2.75) is 18.4 Å². The highest BCUT2D eigenvalue weighted by Gasteiger charge is 2.23. The maximum Gasteiger partial charge on any atom is 0.243 e. The first-order valence-corrected chi connectivity index (χ1v) is 7.87. The normalized spacial score (nSPS) is 11.8. The zero-order chi connectivity index (χ0) is 15.5. The second-order valence-electron chi connectivity index (χ2n) is 4.52. The first-order valence-electron chi connectivity index (χ1n) is 6.43. The highest BCUT2D eigenvalue weighted by molar-refractivity contribution is 7.89. The van der Waals surface area contributed by atoms with E-state index in [4.69, 9.17) is 0 Å². The molecular formula is C15H15F2NO2S. The number of rotatable bonds is 5. The zero-order valence-corrected chi connectivity index (χ0v) is 12.3. The molecule has 0 aromatic heterocycles. The number of sulfonamides is 1. The van der Waals surface area contributed by atoms with Crippen molar-refractivity contribution in [3.8, 4) is 0 Å². The lowest BCUT2D eigenvalue weighted by Gasteiger charge is -2.20. The minimum Gasteiger partial charge on any atom is -0.207 e. The molecule has 2 aromatic carbocycles. The second-order valence-corrected chi connectivity index (χ2v) is 6.46. The third-order valence-electron chi connectivity index (χ3n) is 3.03. The minimum atomic E-state index is -3.81. The van der Waals surface area contributed by atoms with Crippen LogP contribution in [-0.4, -0.2) is 19.3 Å². The van der Waals surface area contributed by atoms with E-state index in [-0.39, 0.29) is 18.0 Å². The minimum absolute atomic E-state index is 0.0348. The van der Waals surface area contributed by atoms with Gasteiger partial charge in [-0.2, -0.15) is 4.31 Å². The highest BCUT2D eigenvalue weighted by atomic mass is 32.2. The first-order chi connectivity index (χ1) is 9.93. The van der Waals surface area contributed by atoms with E-state index in [1.54, 1.807) is 13.0 Å². The molecule has 0 saturated carbocycles. The van der Waals surface area contributed by atoms with Crippen LogP contribution in [0.25, 0.3) is 0 Å². The van der Waals surface area contributed by atoms with Crippen LogP contribution in [0.2, 0.25) is 0 Å². The molecule has 0 unspecified atom stereocenters. The van der Waals surface area contributed by atoms with Crippen molar-refractivity contribution in [1.82, 2.24) is 4.31 Å². The molecule has 2 rings (SSSR count). The summed E-state index contributed by atoms with van der Waals surface area (Å²) >= 11 is 0. The van der Waals surface area contributed by atoms with Gasteiger partial charge in [0.2, 0.25) is 10.0 Å². The Morgan fingerprint density at radius 2 is 1.62 bits per heavy atom. The van der Waals surface area contributed by atoms with Gasteiger partial charge < -0.3 is 0 Å². The van der Waals surface area contributed by atoms with Crippen molar-refractivity contribution in [1.29, 1.82) is 0 Å². The van der Waals surface area contributed by atoms with Crippen LogP contribution in [0, 0.1) is 11.6 Å². The standard InChI is InChI=1S/C15H15F2NO2S/c1-2-18(11-12-5-3-6-13(16)9-12)21(19,20)15-8-4-7-14(17)10-15/h3-10H,2,11H2,1H3. The van der Waals surface area contributed by atoms with Crippen LogP contribution in [-0.2, 0) is 16.6 Å². The molecule has 3 nitrogen and oxygen atoms in total. The van der Waals surface area contributed by atoms with Crippen LogP contribution in [0.3, 0.4) is 0 Å². The van der Waals surface area contributed by atoms with Gasteiger partial charge in [-0.05, 0) is 35.9 Å². The number of hydrogen-bond donors (Lipinski definition) is 0. The molecule has 0 heterocycles. The summed E-state index contributed by atoms with van der Waals surface area (Å²) in [7, 11) is -3.81. The second kappa shape index (κ2) is 6.32. The Bertz CT molecular complexity index is 732. The lowest BCUT2D eigenvalue weighted by Crippen LogP contribution is -2.30. The Morgan fingerprint density at radius 3 is 2.19 bits per heavy atom. The molecule has 0 amide bonds. The molecule has 0 N–H and O–H groups in total. The third-order valence-corrected chi connectivity index (χ3v) is 4.95. The molecule has 0 saturated heterocycles. The van der Waals surface area contributed by atoms with Crippen LogP contribution in [0.5, 0.6) is 0 Å². The molecule has 0 fully saturated rings. The molecule has 112 valence electrons. The van der Waals surface area contributed by atoms with Crippen molar-refractivity contribution in [3.05, 3.63) is 65.7 Å². The van der Waals surface area contributed by atoms with Gasteiger partial charge in [-0.3, -0.25) is 0 Å². The van der Waals surface area contributed by atoms with Crippen LogP contribution in [0.4, 0.5) is 8.78 Å². The van der Waals surface area contributed by atoms with E-state index >= 15 is 0 Å². The van der Waals surface area contributed by atoms with E-state index in [1.165, 1.54) is 40.7 Å². The Hall–Kier alpha value is -1.79. The number of hydrogen-bond acceptors (Lipinski definition) is 2. The molecule has 0 radical (unpaired) electrons. The van der Waals surface area contributed by atoms with E-state index in [9.17, 15) is 17.2 Å². The number of nitrogens with zero attached hydrogens (tertiary/aromatic N) is 1. The molecule has 0 spiro atoms. The quantitative estimate of drug-likeness (QED) is 0.850. The molecule has 21 heavy (non-hydrogen) atoms. The SMILES string of the molecule is CCN(Cc1cccc(F)c1)S(=O)(=O)c1cccc(F)c1. The van der Waals surface area contributed by atoms with Crippen LogP contribution in [0.1, 0.15) is 12.5 Å². The van der Waals surface area contributed by atoms with E-state index in [1.807, 2.05) is 0 Å². The Kier molecular flexibility index (Phi) is 4.69. The zero-order valence-electron chi connectivity index (χ0n) is 11.5. The summed E-state index contributed by atoms with van der Waals surface area (Å²) in [4.78, 5) is -0.110. The Balaban J connectivity index is 2.32. The van der Waals surface area contributed by atoms with Gasteiger partial charge in [-0.15, -0.1) is 0 Å². The molecule has 0 aliphatic carbocycles. The fraction of sp³-hybridized carbons (Fsp3) is 0.200. The summed E-state index contributed by atoms with van der Waals surface area (Å²) in [5.74, 6) is -1.04. The first kappa shape index (κ1) is 15.6. The molecule has 0 aliphatic rings. The maximum atomic E-state index is 13.2. The molecule has 6 heteroatoms. The van der Waals surface area contributed by atoms with Crippen molar-refractivity contribution >= 4 is 10.0 Å². The van der Waals surface area contributed by atoms with Gasteiger partial charge in [0.25, 0.3) is 0 Å². The Labute approximate surface area is 122 Å². The third kappa shape index (κ3) is 3.65. The smallest absolute Gasteiger partial charge is 0.207 e. The average Bonchev–Trinajstić information content (AvgIpc) is 2.44. The summed E-state index contributed by atoms with van der Waals surface area (Å²) in [6.07, 6.45) is 0. The average molecular weight is 311 g/mol. The van der Waals surface area contributed by atoms with Crippen LogP contribution in [0.15, 0.2) is 53.4 Å². The summed E-state index contributed by atoms with van der Waals surface area (Å²) in [5, 5.41) is 0. The highest BCUT2D eigenvalue weighted by Crippen LogP contribution is 2.19. The van der Waals surface area contributed by atoms with Crippen molar-refractivity contribution in [3.63, 3.8) is 0 Å². The number of benzene rings is 2.